The molecule has 0 unspecified atom stereocenters. The summed E-state index contributed by atoms with van der Waals surface area (Å²) >= 11 is 5.56. The smallest absolute Gasteiger partial charge is 0.187 e. The van der Waals surface area contributed by atoms with E-state index in [2.05, 4.69) is 58.3 Å². The largest absolute Gasteiger partial charge is 0.356 e. The molecule has 4 heteroatoms. The van der Waals surface area contributed by atoms with Crippen LogP contribution in [0, 0.1) is 17.8 Å². The molecule has 6 rings (SSSR count). The Hall–Kier alpha value is -1.94. The van der Waals surface area contributed by atoms with Crippen molar-refractivity contribution in [3.8, 4) is 0 Å². The summed E-state index contributed by atoms with van der Waals surface area (Å²) in [6.07, 6.45) is 10.1. The molecule has 0 atom stereocenters. The van der Waals surface area contributed by atoms with Crippen molar-refractivity contribution in [3.63, 3.8) is 0 Å². The highest BCUT2D eigenvalue weighted by Crippen LogP contribution is 2.55. The zero-order valence-electron chi connectivity index (χ0n) is 14.9. The van der Waals surface area contributed by atoms with Gasteiger partial charge in [-0.3, -0.25) is 5.43 Å². The average Bonchev–Trinajstić information content (AvgIpc) is 2.60. The standard InChI is InChI=1S/C22H25N3S/c26-21(24-22-11-15-8-16(12-22)10-17(9-15)13-22)25-23-14-19-6-3-5-18-4-1-2-7-20(18)19/h1-7,14-17H,8-13H2,(H2,24,25,26)/b23-14-. The van der Waals surface area contributed by atoms with Crippen LogP contribution in [-0.2, 0) is 0 Å². The normalized spacial score (nSPS) is 32.2. The molecular weight excluding hydrogens is 338 g/mol. The van der Waals surface area contributed by atoms with Gasteiger partial charge in [-0.05, 0) is 79.3 Å². The molecule has 0 aliphatic heterocycles. The molecule has 4 aliphatic rings. The Balaban J connectivity index is 1.26. The summed E-state index contributed by atoms with van der Waals surface area (Å²) in [7, 11) is 0. The lowest BCUT2D eigenvalue weighted by molar-refractivity contribution is -0.0101. The van der Waals surface area contributed by atoms with Crippen LogP contribution in [0.25, 0.3) is 10.8 Å². The third-order valence-corrected chi connectivity index (χ3v) is 6.80. The first-order valence-electron chi connectivity index (χ1n) is 9.78. The summed E-state index contributed by atoms with van der Waals surface area (Å²) in [6.45, 7) is 0. The van der Waals surface area contributed by atoms with E-state index in [1.807, 2.05) is 6.21 Å². The van der Waals surface area contributed by atoms with Gasteiger partial charge in [0.1, 0.15) is 0 Å². The molecule has 4 saturated carbocycles. The molecule has 0 amide bonds. The number of benzene rings is 2. The lowest BCUT2D eigenvalue weighted by Gasteiger charge is -2.57. The van der Waals surface area contributed by atoms with Crippen molar-refractivity contribution in [1.29, 1.82) is 0 Å². The first kappa shape index (κ1) is 16.2. The van der Waals surface area contributed by atoms with E-state index in [4.69, 9.17) is 12.2 Å². The molecule has 0 spiro atoms. The SMILES string of the molecule is S=C(N/N=C\c1cccc2ccccc12)NC12CC3CC(CC(C3)C1)C2. The lowest BCUT2D eigenvalue weighted by atomic mass is 9.53. The fourth-order valence-corrected chi connectivity index (χ4v) is 6.33. The second-order valence-electron chi connectivity index (χ2n) is 8.59. The van der Waals surface area contributed by atoms with E-state index in [1.54, 1.807) is 0 Å². The van der Waals surface area contributed by atoms with Crippen molar-refractivity contribution in [2.45, 2.75) is 44.1 Å². The first-order chi connectivity index (χ1) is 12.7. The molecule has 4 aliphatic carbocycles. The van der Waals surface area contributed by atoms with Gasteiger partial charge in [0.25, 0.3) is 0 Å². The molecule has 4 bridgehead atoms. The summed E-state index contributed by atoms with van der Waals surface area (Å²) < 4.78 is 0. The molecule has 3 nitrogen and oxygen atoms in total. The molecule has 0 saturated heterocycles. The average molecular weight is 364 g/mol. The highest BCUT2D eigenvalue weighted by molar-refractivity contribution is 7.80. The van der Waals surface area contributed by atoms with Crippen LogP contribution >= 0.6 is 12.2 Å². The Morgan fingerprint density at radius 3 is 2.35 bits per heavy atom. The second kappa shape index (κ2) is 6.34. The molecule has 0 heterocycles. The number of nitrogens with zero attached hydrogens (tertiary/aromatic N) is 1. The molecule has 0 aromatic heterocycles. The van der Waals surface area contributed by atoms with Crippen molar-refractivity contribution < 1.29 is 0 Å². The number of hydrogen-bond acceptors (Lipinski definition) is 2. The predicted molar refractivity (Wildman–Crippen MR) is 111 cm³/mol. The first-order valence-corrected chi connectivity index (χ1v) is 10.2. The van der Waals surface area contributed by atoms with Crippen molar-refractivity contribution in [2.24, 2.45) is 22.9 Å². The molecule has 4 fully saturated rings. The van der Waals surface area contributed by atoms with Gasteiger partial charge in [0.05, 0.1) is 6.21 Å². The molecule has 2 aromatic rings. The quantitative estimate of drug-likeness (QED) is 0.475. The van der Waals surface area contributed by atoms with Crippen molar-refractivity contribution >= 4 is 34.3 Å². The van der Waals surface area contributed by atoms with E-state index in [0.29, 0.717) is 5.11 Å². The Labute approximate surface area is 160 Å². The lowest BCUT2D eigenvalue weighted by Crippen LogP contribution is -2.61. The summed E-state index contributed by atoms with van der Waals surface area (Å²) in [5.41, 5.74) is 4.40. The minimum atomic E-state index is 0.230. The van der Waals surface area contributed by atoms with Gasteiger partial charge in [-0.2, -0.15) is 5.10 Å². The summed E-state index contributed by atoms with van der Waals surface area (Å²) in [4.78, 5) is 0. The van der Waals surface area contributed by atoms with Crippen molar-refractivity contribution in [3.05, 3.63) is 48.0 Å². The number of hydrogen-bond donors (Lipinski definition) is 2. The maximum absolute atomic E-state index is 5.56. The third-order valence-electron chi connectivity index (χ3n) is 6.61. The van der Waals surface area contributed by atoms with E-state index in [0.717, 1.165) is 23.3 Å². The van der Waals surface area contributed by atoms with E-state index < -0.39 is 0 Å². The van der Waals surface area contributed by atoms with Gasteiger partial charge in [0.15, 0.2) is 5.11 Å². The van der Waals surface area contributed by atoms with Gasteiger partial charge in [0.2, 0.25) is 0 Å². The number of hydrazone groups is 1. The Bertz CT molecular complexity index is 832. The number of nitrogens with one attached hydrogen (secondary N) is 2. The van der Waals surface area contributed by atoms with E-state index in [9.17, 15) is 0 Å². The molecular formula is C22H25N3S. The second-order valence-corrected chi connectivity index (χ2v) is 9.00. The van der Waals surface area contributed by atoms with Gasteiger partial charge in [-0.15, -0.1) is 0 Å². The van der Waals surface area contributed by atoms with Gasteiger partial charge in [-0.1, -0.05) is 42.5 Å². The van der Waals surface area contributed by atoms with Gasteiger partial charge >= 0.3 is 0 Å². The zero-order chi connectivity index (χ0) is 17.6. The monoisotopic (exact) mass is 363 g/mol. The molecule has 2 N–H and O–H groups in total. The number of thiocarbonyl (C=S) groups is 1. The minimum absolute atomic E-state index is 0.230. The van der Waals surface area contributed by atoms with Crippen LogP contribution in [0.1, 0.15) is 44.1 Å². The zero-order valence-corrected chi connectivity index (χ0v) is 15.8. The Morgan fingerprint density at radius 1 is 0.962 bits per heavy atom. The molecule has 26 heavy (non-hydrogen) atoms. The van der Waals surface area contributed by atoms with Crippen LogP contribution in [0.3, 0.4) is 0 Å². The molecule has 0 radical (unpaired) electrons. The van der Waals surface area contributed by atoms with Crippen LogP contribution in [0.4, 0.5) is 0 Å². The summed E-state index contributed by atoms with van der Waals surface area (Å²) in [6, 6.07) is 14.7. The number of fused-ring (bicyclic) bond motifs is 1. The molecule has 2 aromatic carbocycles. The van der Waals surface area contributed by atoms with Crippen LogP contribution < -0.4 is 10.7 Å². The summed E-state index contributed by atoms with van der Waals surface area (Å²) in [5, 5.41) is 11.2. The van der Waals surface area contributed by atoms with Crippen LogP contribution in [0.2, 0.25) is 0 Å². The van der Waals surface area contributed by atoms with E-state index >= 15 is 0 Å². The predicted octanol–water partition coefficient (Wildman–Crippen LogP) is 4.61. The maximum Gasteiger partial charge on any atom is 0.187 e. The third kappa shape index (κ3) is 3.01. The topological polar surface area (TPSA) is 36.4 Å². The maximum atomic E-state index is 5.56. The fourth-order valence-electron chi connectivity index (χ4n) is 6.06. The Kier molecular flexibility index (Phi) is 3.96. The van der Waals surface area contributed by atoms with Gasteiger partial charge in [0, 0.05) is 11.1 Å². The van der Waals surface area contributed by atoms with Gasteiger partial charge < -0.3 is 5.32 Å². The number of rotatable bonds is 3. The summed E-state index contributed by atoms with van der Waals surface area (Å²) in [5.74, 6) is 2.74. The minimum Gasteiger partial charge on any atom is -0.356 e. The van der Waals surface area contributed by atoms with E-state index in [1.165, 1.54) is 49.3 Å². The van der Waals surface area contributed by atoms with Gasteiger partial charge in [-0.25, -0.2) is 0 Å². The highest BCUT2D eigenvalue weighted by Gasteiger charge is 2.51. The van der Waals surface area contributed by atoms with Crippen LogP contribution in [0.5, 0.6) is 0 Å². The van der Waals surface area contributed by atoms with E-state index in [-0.39, 0.29) is 5.54 Å². The van der Waals surface area contributed by atoms with Crippen LogP contribution in [0.15, 0.2) is 47.6 Å². The van der Waals surface area contributed by atoms with Crippen molar-refractivity contribution in [1.82, 2.24) is 10.7 Å². The van der Waals surface area contributed by atoms with Crippen molar-refractivity contribution in [2.75, 3.05) is 0 Å². The van der Waals surface area contributed by atoms with Crippen LogP contribution in [-0.4, -0.2) is 16.9 Å². The molecule has 134 valence electrons. The fraction of sp³-hybridized carbons (Fsp3) is 0.455. The Morgan fingerprint density at radius 2 is 1.62 bits per heavy atom. The highest BCUT2D eigenvalue weighted by atomic mass is 32.1.